The summed E-state index contributed by atoms with van der Waals surface area (Å²) in [4.78, 5) is 38.5. The predicted molar refractivity (Wildman–Crippen MR) is 108 cm³/mol. The van der Waals surface area contributed by atoms with Gasteiger partial charge in [-0.05, 0) is 60.7 Å². The van der Waals surface area contributed by atoms with Crippen molar-refractivity contribution in [2.24, 2.45) is 5.92 Å². The third-order valence-corrected chi connectivity index (χ3v) is 5.77. The van der Waals surface area contributed by atoms with Crippen molar-refractivity contribution < 1.29 is 19.1 Å². The predicted octanol–water partition coefficient (Wildman–Crippen LogP) is 2.50. The number of anilines is 3. The number of nitrogens with zero attached hydrogens (tertiary/aromatic N) is 1. The minimum atomic E-state index is -0.419. The molecule has 1 saturated heterocycles. The molecule has 0 aromatic heterocycles. The number of carbonyl (C=O) groups excluding carboxylic acids is 3. The zero-order valence-corrected chi connectivity index (χ0v) is 15.9. The van der Waals surface area contributed by atoms with Crippen LogP contribution in [0.4, 0.5) is 17.1 Å². The summed E-state index contributed by atoms with van der Waals surface area (Å²) < 4.78 is 5.33. The quantitative estimate of drug-likeness (QED) is 0.842. The number of carbonyl (C=O) groups is 3. The summed E-state index contributed by atoms with van der Waals surface area (Å²) >= 11 is 0. The van der Waals surface area contributed by atoms with Crippen LogP contribution in [0.1, 0.15) is 24.0 Å². The van der Waals surface area contributed by atoms with Gasteiger partial charge >= 0.3 is 0 Å². The van der Waals surface area contributed by atoms with Crippen molar-refractivity contribution in [3.63, 3.8) is 0 Å². The summed E-state index contributed by atoms with van der Waals surface area (Å²) in [5.41, 5.74) is 4.63. The monoisotopic (exact) mass is 391 g/mol. The number of hydrogen-bond acceptors (Lipinski definition) is 4. The van der Waals surface area contributed by atoms with Gasteiger partial charge in [-0.15, -0.1) is 0 Å². The van der Waals surface area contributed by atoms with Gasteiger partial charge in [0.2, 0.25) is 11.8 Å². The first-order chi connectivity index (χ1) is 14.1. The van der Waals surface area contributed by atoms with Crippen molar-refractivity contribution in [2.45, 2.75) is 25.7 Å². The molecule has 0 radical (unpaired) electrons. The smallest absolute Gasteiger partial charge is 0.262 e. The number of rotatable bonds is 3. The van der Waals surface area contributed by atoms with Crippen molar-refractivity contribution in [1.29, 1.82) is 0 Å². The van der Waals surface area contributed by atoms with Gasteiger partial charge in [-0.25, -0.2) is 0 Å². The molecule has 3 aliphatic rings. The highest BCUT2D eigenvalue weighted by atomic mass is 16.5. The van der Waals surface area contributed by atoms with E-state index in [1.807, 2.05) is 6.07 Å². The molecule has 0 spiro atoms. The van der Waals surface area contributed by atoms with Crippen molar-refractivity contribution in [3.05, 3.63) is 47.5 Å². The summed E-state index contributed by atoms with van der Waals surface area (Å²) in [6.07, 6.45) is 3.49. The van der Waals surface area contributed by atoms with E-state index >= 15 is 0 Å². The molecular weight excluding hydrogens is 370 g/mol. The second-order valence-electron chi connectivity index (χ2n) is 7.75. The molecule has 1 atom stereocenters. The van der Waals surface area contributed by atoms with Gasteiger partial charge in [0, 0.05) is 24.3 Å². The summed E-state index contributed by atoms with van der Waals surface area (Å²) in [6, 6.07) is 11.3. The lowest BCUT2D eigenvalue weighted by Crippen LogP contribution is -2.28. The number of fused-ring (bicyclic) bond motifs is 2. The molecule has 1 fully saturated rings. The maximum Gasteiger partial charge on any atom is 0.262 e. The first kappa shape index (κ1) is 17.7. The number of nitrogens with one attached hydrogen (secondary N) is 2. The topological polar surface area (TPSA) is 87.7 Å². The Morgan fingerprint density at radius 2 is 1.97 bits per heavy atom. The van der Waals surface area contributed by atoms with Crippen LogP contribution in [0.15, 0.2) is 36.4 Å². The zero-order chi connectivity index (χ0) is 20.0. The zero-order valence-electron chi connectivity index (χ0n) is 15.9. The van der Waals surface area contributed by atoms with E-state index in [0.29, 0.717) is 23.7 Å². The standard InChI is InChI=1S/C22H21N3O4/c26-20-12-29-19-7-5-16(10-18(19)24-20)23-22(28)15-9-21(27)25(11-15)17-6-4-13-2-1-3-14(13)8-17/h4-8,10,15H,1-3,9,11-12H2,(H,23,28)(H,24,26). The third kappa shape index (κ3) is 3.33. The molecule has 3 amide bonds. The van der Waals surface area contributed by atoms with Crippen molar-refractivity contribution in [3.8, 4) is 5.75 Å². The number of aryl methyl sites for hydroxylation is 2. The van der Waals surface area contributed by atoms with Crippen LogP contribution in [-0.2, 0) is 27.2 Å². The third-order valence-electron chi connectivity index (χ3n) is 5.77. The Kier molecular flexibility index (Phi) is 4.23. The molecule has 2 heterocycles. The summed E-state index contributed by atoms with van der Waals surface area (Å²) in [6.45, 7) is 0.357. The number of hydrogen-bond donors (Lipinski definition) is 2. The van der Waals surface area contributed by atoms with Crippen LogP contribution in [0.25, 0.3) is 0 Å². The molecule has 2 aromatic carbocycles. The van der Waals surface area contributed by atoms with E-state index in [-0.39, 0.29) is 30.7 Å². The molecule has 1 unspecified atom stereocenters. The van der Waals surface area contributed by atoms with E-state index < -0.39 is 5.92 Å². The summed E-state index contributed by atoms with van der Waals surface area (Å²) in [7, 11) is 0. The van der Waals surface area contributed by atoms with E-state index in [2.05, 4.69) is 22.8 Å². The fraction of sp³-hybridized carbons (Fsp3) is 0.318. The van der Waals surface area contributed by atoms with Gasteiger partial charge in [-0.2, -0.15) is 0 Å². The SMILES string of the molecule is O=C1COc2ccc(NC(=O)C3CC(=O)N(c4ccc5c(c4)CCC5)C3)cc2N1. The second kappa shape index (κ2) is 6.92. The Labute approximate surface area is 168 Å². The van der Waals surface area contributed by atoms with Gasteiger partial charge in [0.1, 0.15) is 5.75 Å². The molecule has 148 valence electrons. The molecule has 2 N–H and O–H groups in total. The van der Waals surface area contributed by atoms with Crippen LogP contribution in [0.2, 0.25) is 0 Å². The lowest BCUT2D eigenvalue weighted by atomic mass is 10.1. The van der Waals surface area contributed by atoms with Gasteiger partial charge in [-0.3, -0.25) is 14.4 Å². The van der Waals surface area contributed by atoms with Crippen LogP contribution in [0.5, 0.6) is 5.75 Å². The Hall–Kier alpha value is -3.35. The molecule has 0 saturated carbocycles. The maximum atomic E-state index is 12.7. The lowest BCUT2D eigenvalue weighted by Gasteiger charge is -2.19. The normalized spacial score (nSPS) is 20.0. The van der Waals surface area contributed by atoms with E-state index in [0.717, 1.165) is 24.9 Å². The van der Waals surface area contributed by atoms with Gasteiger partial charge in [0.05, 0.1) is 11.6 Å². The molecule has 0 bridgehead atoms. The Morgan fingerprint density at radius 3 is 2.86 bits per heavy atom. The largest absolute Gasteiger partial charge is 0.482 e. The molecule has 5 rings (SSSR count). The van der Waals surface area contributed by atoms with Crippen LogP contribution in [-0.4, -0.2) is 30.9 Å². The number of ether oxygens (including phenoxy) is 1. The van der Waals surface area contributed by atoms with Gasteiger partial charge in [0.25, 0.3) is 5.91 Å². The summed E-state index contributed by atoms with van der Waals surface area (Å²) in [5, 5.41) is 5.58. The average Bonchev–Trinajstić information content (AvgIpc) is 3.33. The van der Waals surface area contributed by atoms with Crippen LogP contribution in [0, 0.1) is 5.92 Å². The van der Waals surface area contributed by atoms with Crippen LogP contribution in [0.3, 0.4) is 0 Å². The maximum absolute atomic E-state index is 12.7. The molecular formula is C22H21N3O4. The van der Waals surface area contributed by atoms with Crippen molar-refractivity contribution >= 4 is 34.8 Å². The fourth-order valence-corrected chi connectivity index (χ4v) is 4.26. The van der Waals surface area contributed by atoms with Crippen LogP contribution < -0.4 is 20.3 Å². The fourth-order valence-electron chi connectivity index (χ4n) is 4.26. The van der Waals surface area contributed by atoms with Gasteiger partial charge < -0.3 is 20.3 Å². The van der Waals surface area contributed by atoms with Gasteiger partial charge in [0.15, 0.2) is 6.61 Å². The molecule has 7 nitrogen and oxygen atoms in total. The Balaban J connectivity index is 1.28. The lowest BCUT2D eigenvalue weighted by molar-refractivity contribution is -0.122. The van der Waals surface area contributed by atoms with Gasteiger partial charge in [-0.1, -0.05) is 6.07 Å². The second-order valence-corrected chi connectivity index (χ2v) is 7.75. The summed E-state index contributed by atoms with van der Waals surface area (Å²) in [5.74, 6) is -0.314. The minimum Gasteiger partial charge on any atom is -0.482 e. The van der Waals surface area contributed by atoms with Crippen molar-refractivity contribution in [1.82, 2.24) is 0 Å². The molecule has 7 heteroatoms. The Morgan fingerprint density at radius 1 is 1.10 bits per heavy atom. The Bertz CT molecular complexity index is 1030. The molecule has 2 aliphatic heterocycles. The first-order valence-corrected chi connectivity index (χ1v) is 9.86. The number of benzene rings is 2. The van der Waals surface area contributed by atoms with E-state index in [1.54, 1.807) is 23.1 Å². The molecule has 29 heavy (non-hydrogen) atoms. The van der Waals surface area contributed by atoms with E-state index in [4.69, 9.17) is 4.74 Å². The number of amides is 3. The highest BCUT2D eigenvalue weighted by molar-refractivity contribution is 6.04. The minimum absolute atomic E-state index is 0.0125. The average molecular weight is 391 g/mol. The molecule has 2 aromatic rings. The highest BCUT2D eigenvalue weighted by Crippen LogP contribution is 2.33. The first-order valence-electron chi connectivity index (χ1n) is 9.86. The highest BCUT2D eigenvalue weighted by Gasteiger charge is 2.35. The van der Waals surface area contributed by atoms with Crippen molar-refractivity contribution in [2.75, 3.05) is 28.7 Å². The van der Waals surface area contributed by atoms with E-state index in [1.165, 1.54) is 11.1 Å². The van der Waals surface area contributed by atoms with Crippen LogP contribution >= 0.6 is 0 Å². The molecule has 1 aliphatic carbocycles. The van der Waals surface area contributed by atoms with E-state index in [9.17, 15) is 14.4 Å².